The number of hydrogen-bond donors (Lipinski definition) is 3. The van der Waals surface area contributed by atoms with Gasteiger partial charge in [-0.05, 0) is 38.5 Å². The van der Waals surface area contributed by atoms with Crippen LogP contribution in [0.2, 0.25) is 0 Å². The lowest BCUT2D eigenvalue weighted by molar-refractivity contribution is -0.274. The number of methoxy groups -OCH3 is 1. The van der Waals surface area contributed by atoms with E-state index in [-0.39, 0.29) is 18.1 Å². The molecule has 0 spiro atoms. The fourth-order valence-corrected chi connectivity index (χ4v) is 3.39. The molecule has 2 aromatic rings. The minimum atomic E-state index is -4.85. The number of nitrogens with zero attached hydrogens (tertiary/aromatic N) is 2. The van der Waals surface area contributed by atoms with Gasteiger partial charge in [0.05, 0.1) is 30.1 Å². The molecule has 9 nitrogen and oxygen atoms in total. The van der Waals surface area contributed by atoms with Crippen molar-refractivity contribution in [1.82, 2.24) is 10.3 Å². The summed E-state index contributed by atoms with van der Waals surface area (Å²) in [5, 5.41) is 15.9. The van der Waals surface area contributed by atoms with Crippen molar-refractivity contribution < 1.29 is 37.3 Å². The number of halogens is 3. The highest BCUT2D eigenvalue weighted by molar-refractivity contribution is 6.08. The summed E-state index contributed by atoms with van der Waals surface area (Å²) in [5.74, 6) is -0.290. The molecule has 0 fully saturated rings. The topological polar surface area (TPSA) is 113 Å². The van der Waals surface area contributed by atoms with E-state index in [0.29, 0.717) is 17.0 Å². The lowest BCUT2D eigenvalue weighted by Crippen LogP contribution is -2.51. The number of rotatable bonds is 5. The van der Waals surface area contributed by atoms with E-state index in [2.05, 4.69) is 20.4 Å². The van der Waals surface area contributed by atoms with Gasteiger partial charge in [-0.15, -0.1) is 13.2 Å². The normalized spacial score (nSPS) is 14.8. The molecule has 0 bridgehead atoms. The van der Waals surface area contributed by atoms with E-state index in [1.54, 1.807) is 13.0 Å². The van der Waals surface area contributed by atoms with Gasteiger partial charge >= 0.3 is 12.4 Å². The molecule has 0 saturated heterocycles. The average molecular weight is 468 g/mol. The van der Waals surface area contributed by atoms with Gasteiger partial charge in [0.15, 0.2) is 5.82 Å². The van der Waals surface area contributed by atoms with Crippen LogP contribution in [-0.2, 0) is 4.79 Å². The first-order valence-corrected chi connectivity index (χ1v) is 9.80. The second kappa shape index (κ2) is 8.77. The van der Waals surface area contributed by atoms with Gasteiger partial charge in [0.1, 0.15) is 18.0 Å². The predicted octanol–water partition coefficient (Wildman–Crippen LogP) is 3.28. The number of ether oxygens (including phenoxy) is 2. The summed E-state index contributed by atoms with van der Waals surface area (Å²) in [6.07, 6.45) is -4.85. The number of amides is 3. The van der Waals surface area contributed by atoms with Crippen LogP contribution in [0.5, 0.6) is 11.5 Å². The highest BCUT2D eigenvalue weighted by atomic mass is 19.4. The van der Waals surface area contributed by atoms with Gasteiger partial charge in [-0.25, -0.2) is 9.78 Å². The highest BCUT2D eigenvalue weighted by Crippen LogP contribution is 2.34. The van der Waals surface area contributed by atoms with E-state index >= 15 is 0 Å². The highest BCUT2D eigenvalue weighted by Gasteiger charge is 2.36. The van der Waals surface area contributed by atoms with Gasteiger partial charge in [-0.2, -0.15) is 0 Å². The Morgan fingerprint density at radius 2 is 1.91 bits per heavy atom. The minimum absolute atomic E-state index is 0.189. The van der Waals surface area contributed by atoms with Gasteiger partial charge in [-0.1, -0.05) is 12.1 Å². The molecule has 2 heterocycles. The molecule has 33 heavy (non-hydrogen) atoms. The van der Waals surface area contributed by atoms with Crippen LogP contribution in [-0.4, -0.2) is 47.6 Å². The van der Waals surface area contributed by atoms with Crippen molar-refractivity contribution in [3.63, 3.8) is 0 Å². The third kappa shape index (κ3) is 5.64. The summed E-state index contributed by atoms with van der Waals surface area (Å²) in [4.78, 5) is 30.8. The number of urea groups is 1. The second-order valence-electron chi connectivity index (χ2n) is 7.93. The van der Waals surface area contributed by atoms with Crippen molar-refractivity contribution in [2.24, 2.45) is 0 Å². The zero-order chi connectivity index (χ0) is 24.6. The molecule has 1 aromatic carbocycles. The first-order chi connectivity index (χ1) is 15.3. The first-order valence-electron chi connectivity index (χ1n) is 9.80. The van der Waals surface area contributed by atoms with Gasteiger partial charge in [0.25, 0.3) is 0 Å². The van der Waals surface area contributed by atoms with Crippen LogP contribution in [0.25, 0.3) is 0 Å². The Morgan fingerprint density at radius 1 is 1.27 bits per heavy atom. The molecule has 1 atom stereocenters. The molecular weight excluding hydrogens is 445 g/mol. The quantitative estimate of drug-likeness (QED) is 0.621. The molecule has 3 rings (SSSR count). The van der Waals surface area contributed by atoms with Crippen molar-refractivity contribution >= 4 is 23.4 Å². The molecule has 0 aliphatic carbocycles. The number of carbonyl (C=O) groups excluding carboxylic acids is 2. The number of benzene rings is 1. The molecule has 0 saturated carbocycles. The summed E-state index contributed by atoms with van der Waals surface area (Å²) in [6, 6.07) is 4.54. The number of aliphatic hydroxyl groups is 1. The van der Waals surface area contributed by atoms with Crippen LogP contribution in [0.15, 0.2) is 30.3 Å². The van der Waals surface area contributed by atoms with Crippen molar-refractivity contribution in [1.29, 1.82) is 0 Å². The van der Waals surface area contributed by atoms with E-state index in [9.17, 15) is 27.9 Å². The molecule has 3 N–H and O–H groups in total. The van der Waals surface area contributed by atoms with Crippen LogP contribution in [0.3, 0.4) is 0 Å². The Morgan fingerprint density at radius 3 is 2.45 bits per heavy atom. The van der Waals surface area contributed by atoms with Crippen LogP contribution in [0.4, 0.5) is 29.5 Å². The SMILES string of the molecule is COc1cc2c(nc1C)N(C(=O)NC(c1ccc(OC(F)(F)F)cc1)C(C)(C)O)CC(=O)N2. The fourth-order valence-electron chi connectivity index (χ4n) is 3.39. The number of nitrogens with one attached hydrogen (secondary N) is 2. The van der Waals surface area contributed by atoms with Crippen molar-refractivity contribution in [2.45, 2.75) is 38.8 Å². The van der Waals surface area contributed by atoms with E-state index in [0.717, 1.165) is 17.0 Å². The van der Waals surface area contributed by atoms with Gasteiger partial charge in [0, 0.05) is 6.07 Å². The minimum Gasteiger partial charge on any atom is -0.495 e. The number of aryl methyl sites for hydroxylation is 1. The zero-order valence-corrected chi connectivity index (χ0v) is 18.3. The largest absolute Gasteiger partial charge is 0.573 e. The molecule has 1 aliphatic heterocycles. The standard InChI is InChI=1S/C21H23F3N4O5/c1-11-15(32-4)9-14-18(25-11)28(10-16(29)26-14)19(30)27-17(20(2,3)31)12-5-7-13(8-6-12)33-21(22,23)24/h5-9,17,31H,10H2,1-4H3,(H,26,29)(H,27,30). The van der Waals surface area contributed by atoms with Crippen LogP contribution < -0.4 is 25.0 Å². The summed E-state index contributed by atoms with van der Waals surface area (Å²) in [5.41, 5.74) is -0.417. The second-order valence-corrected chi connectivity index (χ2v) is 7.93. The van der Waals surface area contributed by atoms with Gasteiger partial charge < -0.3 is 25.2 Å². The monoisotopic (exact) mass is 468 g/mol. The van der Waals surface area contributed by atoms with Crippen LogP contribution in [0, 0.1) is 6.92 Å². The Labute approximate surface area is 187 Å². The molecule has 1 unspecified atom stereocenters. The predicted molar refractivity (Wildman–Crippen MR) is 112 cm³/mol. The third-order valence-corrected chi connectivity index (χ3v) is 4.86. The molecule has 3 amide bonds. The number of aromatic nitrogens is 1. The van der Waals surface area contributed by atoms with Gasteiger partial charge in [-0.3, -0.25) is 9.69 Å². The fraction of sp³-hybridized carbons (Fsp3) is 0.381. The van der Waals surface area contributed by atoms with E-state index < -0.39 is 35.7 Å². The Kier molecular flexibility index (Phi) is 6.41. The molecule has 178 valence electrons. The number of hydrogen-bond acceptors (Lipinski definition) is 6. The van der Waals surface area contributed by atoms with Gasteiger partial charge in [0.2, 0.25) is 5.91 Å². The maximum atomic E-state index is 13.1. The van der Waals surface area contributed by atoms with Crippen molar-refractivity contribution in [3.8, 4) is 11.5 Å². The number of alkyl halides is 3. The first kappa shape index (κ1) is 24.1. The molecular formula is C21H23F3N4O5. The summed E-state index contributed by atoms with van der Waals surface area (Å²) < 4.78 is 46.3. The molecule has 1 aliphatic rings. The number of anilines is 2. The van der Waals surface area contributed by atoms with Crippen molar-refractivity contribution in [3.05, 3.63) is 41.6 Å². The summed E-state index contributed by atoms with van der Waals surface area (Å²) in [7, 11) is 1.45. The number of fused-ring (bicyclic) bond motifs is 1. The summed E-state index contributed by atoms with van der Waals surface area (Å²) >= 11 is 0. The molecule has 1 aromatic heterocycles. The van der Waals surface area contributed by atoms with E-state index in [1.807, 2.05) is 0 Å². The molecule has 12 heteroatoms. The van der Waals surface area contributed by atoms with E-state index in [1.165, 1.54) is 33.1 Å². The van der Waals surface area contributed by atoms with Crippen LogP contribution in [0.1, 0.15) is 31.1 Å². The molecule has 0 radical (unpaired) electrons. The maximum absolute atomic E-state index is 13.1. The Hall–Kier alpha value is -3.54. The Bertz CT molecular complexity index is 1050. The number of pyridine rings is 1. The summed E-state index contributed by atoms with van der Waals surface area (Å²) in [6.45, 7) is 4.22. The number of carbonyl (C=O) groups is 2. The lowest BCUT2D eigenvalue weighted by atomic mass is 9.92. The average Bonchev–Trinajstić information content (AvgIpc) is 2.70. The van der Waals surface area contributed by atoms with Crippen LogP contribution >= 0.6 is 0 Å². The zero-order valence-electron chi connectivity index (χ0n) is 18.3. The Balaban J connectivity index is 1.89. The van der Waals surface area contributed by atoms with E-state index in [4.69, 9.17) is 4.74 Å². The maximum Gasteiger partial charge on any atom is 0.573 e. The van der Waals surface area contributed by atoms with Crippen molar-refractivity contribution in [2.75, 3.05) is 23.9 Å². The lowest BCUT2D eigenvalue weighted by Gasteiger charge is -2.34. The third-order valence-electron chi connectivity index (χ3n) is 4.86. The smallest absolute Gasteiger partial charge is 0.495 e.